The predicted octanol–water partition coefficient (Wildman–Crippen LogP) is 3.45. The fraction of sp³-hybridized carbons (Fsp3) is 0.500. The van der Waals surface area contributed by atoms with Gasteiger partial charge >= 0.3 is 5.97 Å². The minimum Gasteiger partial charge on any atom is -0.460 e. The first kappa shape index (κ1) is 12.1. The van der Waals surface area contributed by atoms with Crippen molar-refractivity contribution < 1.29 is 13.9 Å². The maximum Gasteiger partial charge on any atom is 0.309 e. The smallest absolute Gasteiger partial charge is 0.309 e. The van der Waals surface area contributed by atoms with Crippen LogP contribution in [0.5, 0.6) is 0 Å². The average Bonchev–Trinajstić information content (AvgIpc) is 2.38. The van der Waals surface area contributed by atoms with Gasteiger partial charge in [-0.2, -0.15) is 0 Å². The summed E-state index contributed by atoms with van der Waals surface area (Å²) in [7, 11) is 0. The third-order valence-electron chi connectivity index (χ3n) is 3.27. The number of hydrogen-bond donors (Lipinski definition) is 0. The number of ether oxygens (including phenoxy) is 1. The van der Waals surface area contributed by atoms with Crippen LogP contribution in [0.3, 0.4) is 0 Å². The summed E-state index contributed by atoms with van der Waals surface area (Å²) in [5, 5.41) is 0. The summed E-state index contributed by atoms with van der Waals surface area (Å²) < 4.78 is 18.5. The Labute approximate surface area is 101 Å². The standard InChI is InChI=1S/C14H17FO2/c15-13-9-5-4-8-12(13)10-17-14(16)11-6-2-1-3-7-11/h4-5,8-9,11H,1-3,6-7,10H2. The molecule has 0 unspecified atom stereocenters. The molecule has 0 N–H and O–H groups in total. The van der Waals surface area contributed by atoms with Gasteiger partial charge in [0.15, 0.2) is 0 Å². The summed E-state index contributed by atoms with van der Waals surface area (Å²) in [5.41, 5.74) is 0.441. The minimum absolute atomic E-state index is 0.0236. The Balaban J connectivity index is 1.85. The van der Waals surface area contributed by atoms with Crippen molar-refractivity contribution in [3.8, 4) is 0 Å². The Morgan fingerprint density at radius 1 is 1.24 bits per heavy atom. The molecule has 17 heavy (non-hydrogen) atoms. The van der Waals surface area contributed by atoms with E-state index in [1.165, 1.54) is 12.5 Å². The molecular formula is C14H17FO2. The largest absolute Gasteiger partial charge is 0.460 e. The number of benzene rings is 1. The number of esters is 1. The summed E-state index contributed by atoms with van der Waals surface area (Å²) in [4.78, 5) is 11.7. The molecule has 2 nitrogen and oxygen atoms in total. The SMILES string of the molecule is O=C(OCc1ccccc1F)C1CCCCC1. The lowest BCUT2D eigenvalue weighted by Gasteiger charge is -2.19. The van der Waals surface area contributed by atoms with Gasteiger partial charge in [0.05, 0.1) is 5.92 Å². The molecule has 1 saturated carbocycles. The molecular weight excluding hydrogens is 219 g/mol. The Morgan fingerprint density at radius 3 is 2.65 bits per heavy atom. The molecule has 0 radical (unpaired) electrons. The molecule has 2 rings (SSSR count). The van der Waals surface area contributed by atoms with Gasteiger partial charge in [-0.15, -0.1) is 0 Å². The summed E-state index contributed by atoms with van der Waals surface area (Å²) >= 11 is 0. The number of carbonyl (C=O) groups is 1. The zero-order chi connectivity index (χ0) is 12.1. The van der Waals surface area contributed by atoms with Gasteiger partial charge in [0.1, 0.15) is 12.4 Å². The molecule has 0 saturated heterocycles. The maximum absolute atomic E-state index is 13.3. The molecule has 1 aliphatic rings. The first-order chi connectivity index (χ1) is 8.27. The van der Waals surface area contributed by atoms with Gasteiger partial charge in [-0.25, -0.2) is 4.39 Å². The third-order valence-corrected chi connectivity index (χ3v) is 3.27. The second-order valence-electron chi connectivity index (χ2n) is 4.53. The Kier molecular flexibility index (Phi) is 4.13. The molecule has 1 aromatic rings. The first-order valence-electron chi connectivity index (χ1n) is 6.17. The average molecular weight is 236 g/mol. The zero-order valence-electron chi connectivity index (χ0n) is 9.82. The second-order valence-corrected chi connectivity index (χ2v) is 4.53. The number of hydrogen-bond acceptors (Lipinski definition) is 2. The van der Waals surface area contributed by atoms with Crippen molar-refractivity contribution >= 4 is 5.97 Å². The molecule has 3 heteroatoms. The molecule has 0 bridgehead atoms. The van der Waals surface area contributed by atoms with E-state index in [1.807, 2.05) is 0 Å². The van der Waals surface area contributed by atoms with E-state index >= 15 is 0 Å². The van der Waals surface area contributed by atoms with Gasteiger partial charge in [0.25, 0.3) is 0 Å². The summed E-state index contributed by atoms with van der Waals surface area (Å²) in [6.45, 7) is 0.0437. The third kappa shape index (κ3) is 3.29. The fourth-order valence-electron chi connectivity index (χ4n) is 2.22. The van der Waals surface area contributed by atoms with E-state index in [9.17, 15) is 9.18 Å². The number of carbonyl (C=O) groups excluding carboxylic acids is 1. The quantitative estimate of drug-likeness (QED) is 0.751. The van der Waals surface area contributed by atoms with Crippen LogP contribution in [0.25, 0.3) is 0 Å². The second kappa shape index (κ2) is 5.80. The van der Waals surface area contributed by atoms with Crippen molar-refractivity contribution in [1.82, 2.24) is 0 Å². The van der Waals surface area contributed by atoms with E-state index < -0.39 is 0 Å². The van der Waals surface area contributed by atoms with Crippen molar-refractivity contribution in [2.24, 2.45) is 5.92 Å². The number of rotatable bonds is 3. The molecule has 0 spiro atoms. The highest BCUT2D eigenvalue weighted by Crippen LogP contribution is 2.25. The van der Waals surface area contributed by atoms with Crippen LogP contribution in [-0.4, -0.2) is 5.97 Å². The first-order valence-corrected chi connectivity index (χ1v) is 6.17. The molecule has 1 aromatic carbocycles. The van der Waals surface area contributed by atoms with Crippen molar-refractivity contribution in [1.29, 1.82) is 0 Å². The zero-order valence-corrected chi connectivity index (χ0v) is 9.82. The molecule has 1 fully saturated rings. The van der Waals surface area contributed by atoms with E-state index in [-0.39, 0.29) is 24.3 Å². The van der Waals surface area contributed by atoms with E-state index in [0.717, 1.165) is 25.7 Å². The van der Waals surface area contributed by atoms with Gasteiger partial charge in [-0.3, -0.25) is 4.79 Å². The Hall–Kier alpha value is -1.38. The maximum atomic E-state index is 13.3. The van der Waals surface area contributed by atoms with Gasteiger partial charge < -0.3 is 4.74 Å². The van der Waals surface area contributed by atoms with Crippen LogP contribution in [-0.2, 0) is 16.1 Å². The molecule has 0 heterocycles. The lowest BCUT2D eigenvalue weighted by molar-refractivity contribution is -0.151. The van der Waals surface area contributed by atoms with Crippen LogP contribution in [0.1, 0.15) is 37.7 Å². The highest BCUT2D eigenvalue weighted by Gasteiger charge is 2.22. The normalized spacial score (nSPS) is 16.8. The minimum atomic E-state index is -0.316. The van der Waals surface area contributed by atoms with Crippen LogP contribution in [0.2, 0.25) is 0 Å². The van der Waals surface area contributed by atoms with Crippen molar-refractivity contribution in [3.63, 3.8) is 0 Å². The molecule has 0 amide bonds. The summed E-state index contributed by atoms with van der Waals surface area (Å²) in [6, 6.07) is 6.39. The molecule has 0 aliphatic heterocycles. The van der Waals surface area contributed by atoms with Crippen LogP contribution >= 0.6 is 0 Å². The van der Waals surface area contributed by atoms with Gasteiger partial charge in [-0.1, -0.05) is 37.5 Å². The fourth-order valence-corrected chi connectivity index (χ4v) is 2.22. The van der Waals surface area contributed by atoms with Crippen molar-refractivity contribution in [3.05, 3.63) is 35.6 Å². The van der Waals surface area contributed by atoms with Crippen LogP contribution < -0.4 is 0 Å². The van der Waals surface area contributed by atoms with Gasteiger partial charge in [0.2, 0.25) is 0 Å². The van der Waals surface area contributed by atoms with E-state index in [4.69, 9.17) is 4.74 Å². The number of halogens is 1. The predicted molar refractivity (Wildman–Crippen MR) is 62.8 cm³/mol. The van der Waals surface area contributed by atoms with Crippen LogP contribution in [0.15, 0.2) is 24.3 Å². The molecule has 0 aromatic heterocycles. The van der Waals surface area contributed by atoms with Crippen LogP contribution in [0, 0.1) is 11.7 Å². The molecule has 1 aliphatic carbocycles. The molecule has 92 valence electrons. The summed E-state index contributed by atoms with van der Waals surface area (Å²) in [6.07, 6.45) is 5.22. The monoisotopic (exact) mass is 236 g/mol. The van der Waals surface area contributed by atoms with E-state index in [1.54, 1.807) is 18.2 Å². The van der Waals surface area contributed by atoms with Gasteiger partial charge in [0, 0.05) is 5.56 Å². The Bertz CT molecular complexity index is 384. The Morgan fingerprint density at radius 2 is 1.94 bits per heavy atom. The van der Waals surface area contributed by atoms with E-state index in [0.29, 0.717) is 5.56 Å². The topological polar surface area (TPSA) is 26.3 Å². The lowest BCUT2D eigenvalue weighted by atomic mass is 9.89. The highest BCUT2D eigenvalue weighted by atomic mass is 19.1. The van der Waals surface area contributed by atoms with Gasteiger partial charge in [-0.05, 0) is 18.9 Å². The summed E-state index contributed by atoms with van der Waals surface area (Å²) in [5.74, 6) is -0.465. The lowest BCUT2D eigenvalue weighted by Crippen LogP contribution is -2.20. The van der Waals surface area contributed by atoms with Crippen molar-refractivity contribution in [2.45, 2.75) is 38.7 Å². The highest BCUT2D eigenvalue weighted by molar-refractivity contribution is 5.72. The molecule has 0 atom stereocenters. The van der Waals surface area contributed by atoms with Crippen molar-refractivity contribution in [2.75, 3.05) is 0 Å². The van der Waals surface area contributed by atoms with Crippen LogP contribution in [0.4, 0.5) is 4.39 Å². The van der Waals surface area contributed by atoms with E-state index in [2.05, 4.69) is 0 Å².